The molecule has 130 valence electrons. The van der Waals surface area contributed by atoms with Gasteiger partial charge < -0.3 is 10.2 Å². The predicted molar refractivity (Wildman–Crippen MR) is 94.0 cm³/mol. The number of halogens is 2. The molecule has 2 heterocycles. The third kappa shape index (κ3) is 3.49. The van der Waals surface area contributed by atoms with Crippen molar-refractivity contribution in [3.05, 3.63) is 33.9 Å². The van der Waals surface area contributed by atoms with Crippen LogP contribution in [0, 0.1) is 5.82 Å². The number of nitrogens with one attached hydrogen (secondary N) is 2. The van der Waals surface area contributed by atoms with Crippen LogP contribution in [-0.4, -0.2) is 39.6 Å². The number of rotatable bonds is 5. The van der Waals surface area contributed by atoms with E-state index in [2.05, 4.69) is 15.0 Å². The van der Waals surface area contributed by atoms with Crippen molar-refractivity contribution >= 4 is 44.5 Å². The number of thiazole rings is 1. The van der Waals surface area contributed by atoms with E-state index in [1.165, 1.54) is 22.2 Å². The third-order valence-electron chi connectivity index (χ3n) is 3.92. The summed E-state index contributed by atoms with van der Waals surface area (Å²) < 4.78 is 41.4. The zero-order valence-corrected chi connectivity index (χ0v) is 15.2. The highest BCUT2D eigenvalue weighted by atomic mass is 35.5. The van der Waals surface area contributed by atoms with Crippen LogP contribution in [0.15, 0.2) is 27.9 Å². The summed E-state index contributed by atoms with van der Waals surface area (Å²) in [5.41, 5.74) is 1.95. The number of hydrogen-bond donors (Lipinski definition) is 2. The topological polar surface area (TPSA) is 74.3 Å². The van der Waals surface area contributed by atoms with E-state index in [0.29, 0.717) is 5.69 Å². The standard InChI is InChI=1S/C14H16ClFN4O2S2/c1-20(9-2-3-17-6-9)12-5-11(16)13(4-10(12)15)24(21,22)19-14-7-23-8-18-14/h4-5,7-9,17,19H,2-3,6H2,1H3/t9-/m0/s1. The van der Waals surface area contributed by atoms with Crippen LogP contribution >= 0.6 is 22.9 Å². The van der Waals surface area contributed by atoms with Crippen molar-refractivity contribution in [2.75, 3.05) is 29.8 Å². The lowest BCUT2D eigenvalue weighted by molar-refractivity contribution is 0.569. The molecule has 1 atom stereocenters. The molecule has 2 N–H and O–H groups in total. The van der Waals surface area contributed by atoms with Crippen molar-refractivity contribution in [1.82, 2.24) is 10.3 Å². The highest BCUT2D eigenvalue weighted by Crippen LogP contribution is 2.32. The number of sulfonamides is 1. The summed E-state index contributed by atoms with van der Waals surface area (Å²) >= 11 is 7.46. The Kier molecular flexibility index (Phi) is 4.95. The van der Waals surface area contributed by atoms with Gasteiger partial charge in [0.15, 0.2) is 5.82 Å². The minimum absolute atomic E-state index is 0.147. The number of hydrogen-bond acceptors (Lipinski definition) is 6. The Morgan fingerprint density at radius 1 is 1.50 bits per heavy atom. The van der Waals surface area contributed by atoms with Crippen LogP contribution in [0.2, 0.25) is 5.02 Å². The third-order valence-corrected chi connectivity index (χ3v) is 6.18. The van der Waals surface area contributed by atoms with Crippen molar-refractivity contribution in [1.29, 1.82) is 0 Å². The predicted octanol–water partition coefficient (Wildman–Crippen LogP) is 2.53. The van der Waals surface area contributed by atoms with Crippen LogP contribution in [0.3, 0.4) is 0 Å². The van der Waals surface area contributed by atoms with Crippen LogP contribution < -0.4 is 14.9 Å². The first-order valence-corrected chi connectivity index (χ1v) is 10.0. The van der Waals surface area contributed by atoms with Gasteiger partial charge in [0.25, 0.3) is 10.0 Å². The fraction of sp³-hybridized carbons (Fsp3) is 0.357. The summed E-state index contributed by atoms with van der Waals surface area (Å²) in [5, 5.41) is 4.93. The fourth-order valence-electron chi connectivity index (χ4n) is 2.62. The van der Waals surface area contributed by atoms with Crippen LogP contribution in [0.25, 0.3) is 0 Å². The number of nitrogens with zero attached hydrogens (tertiary/aromatic N) is 2. The van der Waals surface area contributed by atoms with Gasteiger partial charge in [-0.2, -0.15) is 0 Å². The molecule has 0 bridgehead atoms. The molecule has 24 heavy (non-hydrogen) atoms. The van der Waals surface area contributed by atoms with Gasteiger partial charge >= 0.3 is 0 Å². The van der Waals surface area contributed by atoms with Crippen LogP contribution in [0.4, 0.5) is 15.9 Å². The van der Waals surface area contributed by atoms with E-state index in [9.17, 15) is 12.8 Å². The van der Waals surface area contributed by atoms with Crippen molar-refractivity contribution in [3.8, 4) is 0 Å². The van der Waals surface area contributed by atoms with E-state index in [0.717, 1.165) is 31.6 Å². The molecule has 3 rings (SSSR count). The minimum atomic E-state index is -4.09. The fourth-order valence-corrected chi connectivity index (χ4v) is 4.62. The lowest BCUT2D eigenvalue weighted by Crippen LogP contribution is -2.33. The highest BCUT2D eigenvalue weighted by Gasteiger charge is 2.26. The van der Waals surface area contributed by atoms with Gasteiger partial charge in [-0.1, -0.05) is 11.6 Å². The first-order chi connectivity index (χ1) is 11.4. The van der Waals surface area contributed by atoms with E-state index >= 15 is 0 Å². The minimum Gasteiger partial charge on any atom is -0.369 e. The second kappa shape index (κ2) is 6.83. The van der Waals surface area contributed by atoms with Crippen molar-refractivity contribution in [2.24, 2.45) is 0 Å². The molecule has 0 radical (unpaired) electrons. The van der Waals surface area contributed by atoms with Crippen molar-refractivity contribution in [3.63, 3.8) is 0 Å². The Hall–Kier alpha value is -1.42. The second-order valence-corrected chi connectivity index (χ2v) is 8.25. The molecule has 1 fully saturated rings. The summed E-state index contributed by atoms with van der Waals surface area (Å²) in [4.78, 5) is 5.21. The van der Waals surface area contributed by atoms with Gasteiger partial charge in [-0.15, -0.1) is 11.3 Å². The molecule has 6 nitrogen and oxygen atoms in total. The van der Waals surface area contributed by atoms with Gasteiger partial charge in [0.2, 0.25) is 0 Å². The van der Waals surface area contributed by atoms with E-state index in [-0.39, 0.29) is 16.9 Å². The summed E-state index contributed by atoms with van der Waals surface area (Å²) in [6.07, 6.45) is 0.917. The summed E-state index contributed by atoms with van der Waals surface area (Å²) in [6, 6.07) is 2.49. The average Bonchev–Trinajstić information content (AvgIpc) is 3.21. The molecule has 0 aliphatic carbocycles. The summed E-state index contributed by atoms with van der Waals surface area (Å²) in [6.45, 7) is 1.67. The number of benzene rings is 1. The maximum absolute atomic E-state index is 14.5. The molecule has 0 unspecified atom stereocenters. The zero-order valence-electron chi connectivity index (χ0n) is 12.8. The van der Waals surface area contributed by atoms with Crippen molar-refractivity contribution < 1.29 is 12.8 Å². The smallest absolute Gasteiger partial charge is 0.266 e. The van der Waals surface area contributed by atoms with Gasteiger partial charge in [-0.3, -0.25) is 4.72 Å². The molecule has 1 aliphatic heterocycles. The van der Waals surface area contributed by atoms with Gasteiger partial charge in [0.1, 0.15) is 10.7 Å². The molecular weight excluding hydrogens is 375 g/mol. The maximum Gasteiger partial charge on any atom is 0.266 e. The summed E-state index contributed by atoms with van der Waals surface area (Å²) in [5.74, 6) is -0.705. The first-order valence-electron chi connectivity index (χ1n) is 7.22. The lowest BCUT2D eigenvalue weighted by atomic mass is 10.2. The normalized spacial score (nSPS) is 17.9. The molecule has 2 aromatic rings. The molecule has 0 spiro atoms. The Labute approximate surface area is 148 Å². The molecule has 0 saturated carbocycles. The second-order valence-electron chi connectivity index (χ2n) is 5.47. The van der Waals surface area contributed by atoms with E-state index in [4.69, 9.17) is 11.6 Å². The van der Waals surface area contributed by atoms with Gasteiger partial charge in [-0.05, 0) is 19.0 Å². The molecule has 1 aromatic carbocycles. The molecule has 1 aromatic heterocycles. The number of aromatic nitrogens is 1. The van der Waals surface area contributed by atoms with E-state index < -0.39 is 20.7 Å². The Balaban J connectivity index is 1.92. The first kappa shape index (κ1) is 17.4. The monoisotopic (exact) mass is 390 g/mol. The number of anilines is 2. The lowest BCUT2D eigenvalue weighted by Gasteiger charge is -2.27. The molecular formula is C14H16ClFN4O2S2. The quantitative estimate of drug-likeness (QED) is 0.820. The van der Waals surface area contributed by atoms with Gasteiger partial charge in [-0.25, -0.2) is 17.8 Å². The number of likely N-dealkylation sites (N-methyl/N-ethyl adjacent to an activating group) is 1. The SMILES string of the molecule is CN(c1cc(F)c(S(=O)(=O)Nc2cscn2)cc1Cl)[C@H]1CCNC1. The van der Waals surface area contributed by atoms with Gasteiger partial charge in [0.05, 0.1) is 16.2 Å². The average molecular weight is 391 g/mol. The largest absolute Gasteiger partial charge is 0.369 e. The maximum atomic E-state index is 14.5. The van der Waals surface area contributed by atoms with E-state index in [1.54, 1.807) is 0 Å². The van der Waals surface area contributed by atoms with Crippen LogP contribution in [0.1, 0.15) is 6.42 Å². The van der Waals surface area contributed by atoms with Crippen LogP contribution in [-0.2, 0) is 10.0 Å². The van der Waals surface area contributed by atoms with Gasteiger partial charge in [0, 0.05) is 31.1 Å². The summed E-state index contributed by atoms with van der Waals surface area (Å²) in [7, 11) is -2.27. The van der Waals surface area contributed by atoms with E-state index in [1.807, 2.05) is 11.9 Å². The molecule has 1 aliphatic rings. The Bertz CT molecular complexity index is 824. The highest BCUT2D eigenvalue weighted by molar-refractivity contribution is 7.92. The Morgan fingerprint density at radius 2 is 2.29 bits per heavy atom. The molecule has 0 amide bonds. The zero-order chi connectivity index (χ0) is 17.3. The molecule has 1 saturated heterocycles. The molecule has 10 heteroatoms. The van der Waals surface area contributed by atoms with Crippen molar-refractivity contribution in [2.45, 2.75) is 17.4 Å². The Morgan fingerprint density at radius 3 is 2.92 bits per heavy atom. The van der Waals surface area contributed by atoms with Crippen LogP contribution in [0.5, 0.6) is 0 Å².